The van der Waals surface area contributed by atoms with Gasteiger partial charge in [0.1, 0.15) is 11.1 Å². The molecular formula is C14H19BrClN3O4S2. The minimum absolute atomic E-state index is 0.108. The highest BCUT2D eigenvalue weighted by atomic mass is 79.9. The number of carbonyl (C=O) groups is 1. The molecule has 0 spiro atoms. The largest absolute Gasteiger partial charge is 0.444 e. The minimum atomic E-state index is -3.70. The SMILES string of the molecule is CN1C(NC(=O)OC(C)(C)C)=NC(C)(c2sc(Br)cc2Cl)CS1(=O)=O. The third kappa shape index (κ3) is 4.66. The molecule has 0 radical (unpaired) electrons. The van der Waals surface area contributed by atoms with Gasteiger partial charge in [0.05, 0.1) is 19.4 Å². The molecule has 1 amide bonds. The van der Waals surface area contributed by atoms with E-state index in [0.29, 0.717) is 9.90 Å². The van der Waals surface area contributed by atoms with Crippen LogP contribution in [0.5, 0.6) is 0 Å². The maximum Gasteiger partial charge on any atom is 0.414 e. The molecule has 25 heavy (non-hydrogen) atoms. The third-order valence-electron chi connectivity index (χ3n) is 3.29. The summed E-state index contributed by atoms with van der Waals surface area (Å²) in [5.74, 6) is -0.369. The minimum Gasteiger partial charge on any atom is -0.444 e. The Balaban J connectivity index is 2.44. The summed E-state index contributed by atoms with van der Waals surface area (Å²) in [5.41, 5.74) is -1.84. The van der Waals surface area contributed by atoms with Gasteiger partial charge in [0.15, 0.2) is 0 Å². The smallest absolute Gasteiger partial charge is 0.414 e. The number of amides is 1. The van der Waals surface area contributed by atoms with Crippen LogP contribution in [0.4, 0.5) is 4.79 Å². The van der Waals surface area contributed by atoms with Crippen molar-refractivity contribution in [2.75, 3.05) is 12.8 Å². The van der Waals surface area contributed by atoms with Crippen LogP contribution < -0.4 is 5.32 Å². The predicted octanol–water partition coefficient (Wildman–Crippen LogP) is 3.54. The lowest BCUT2D eigenvalue weighted by molar-refractivity contribution is 0.0559. The van der Waals surface area contributed by atoms with Gasteiger partial charge in [-0.2, -0.15) is 0 Å². The van der Waals surface area contributed by atoms with Crippen LogP contribution in [-0.2, 0) is 20.3 Å². The summed E-state index contributed by atoms with van der Waals surface area (Å²) in [4.78, 5) is 17.1. The third-order valence-corrected chi connectivity index (χ3v) is 7.53. The number of hydrogen-bond acceptors (Lipinski definition) is 6. The van der Waals surface area contributed by atoms with Crippen molar-refractivity contribution in [3.05, 3.63) is 19.8 Å². The van der Waals surface area contributed by atoms with E-state index in [0.717, 1.165) is 8.09 Å². The first-order chi connectivity index (χ1) is 11.2. The summed E-state index contributed by atoms with van der Waals surface area (Å²) in [6.45, 7) is 6.80. The first-order valence-corrected chi connectivity index (χ1v) is 10.8. The van der Waals surface area contributed by atoms with E-state index in [1.165, 1.54) is 18.4 Å². The topological polar surface area (TPSA) is 88.1 Å². The summed E-state index contributed by atoms with van der Waals surface area (Å²) in [7, 11) is -2.37. The Morgan fingerprint density at radius 3 is 2.60 bits per heavy atom. The van der Waals surface area contributed by atoms with Gasteiger partial charge in [0, 0.05) is 7.05 Å². The lowest BCUT2D eigenvalue weighted by Gasteiger charge is -2.35. The summed E-state index contributed by atoms with van der Waals surface area (Å²) < 4.78 is 32.0. The summed E-state index contributed by atoms with van der Waals surface area (Å²) >= 11 is 10.9. The quantitative estimate of drug-likeness (QED) is 0.677. The lowest BCUT2D eigenvalue weighted by Crippen LogP contribution is -2.53. The summed E-state index contributed by atoms with van der Waals surface area (Å²) in [5, 5.41) is 2.83. The molecule has 2 rings (SSSR count). The number of thiophene rings is 1. The van der Waals surface area contributed by atoms with Crippen molar-refractivity contribution >= 4 is 60.9 Å². The predicted molar refractivity (Wildman–Crippen MR) is 103 cm³/mol. The first-order valence-electron chi connectivity index (χ1n) is 7.25. The number of alkyl carbamates (subject to hydrolysis) is 1. The van der Waals surface area contributed by atoms with Crippen molar-refractivity contribution in [3.63, 3.8) is 0 Å². The Morgan fingerprint density at radius 1 is 1.52 bits per heavy atom. The Kier molecular flexibility index (Phi) is 5.50. The van der Waals surface area contributed by atoms with Crippen LogP contribution in [-0.4, -0.2) is 43.2 Å². The molecular weight excluding hydrogens is 454 g/mol. The van der Waals surface area contributed by atoms with E-state index in [1.807, 2.05) is 0 Å². The van der Waals surface area contributed by atoms with Crippen molar-refractivity contribution < 1.29 is 17.9 Å². The van der Waals surface area contributed by atoms with Crippen LogP contribution >= 0.6 is 38.9 Å². The van der Waals surface area contributed by atoms with E-state index >= 15 is 0 Å². The molecule has 2 heterocycles. The van der Waals surface area contributed by atoms with E-state index in [9.17, 15) is 13.2 Å². The van der Waals surface area contributed by atoms with Gasteiger partial charge in [-0.15, -0.1) is 11.3 Å². The van der Waals surface area contributed by atoms with E-state index in [4.69, 9.17) is 16.3 Å². The average molecular weight is 473 g/mol. The van der Waals surface area contributed by atoms with E-state index in [2.05, 4.69) is 26.2 Å². The summed E-state index contributed by atoms with van der Waals surface area (Å²) in [6, 6.07) is 1.69. The molecule has 0 saturated carbocycles. The Morgan fingerprint density at radius 2 is 2.12 bits per heavy atom. The molecule has 0 fully saturated rings. The highest BCUT2D eigenvalue weighted by molar-refractivity contribution is 9.11. The number of aliphatic imine (C=N–C) groups is 1. The number of nitrogens with one attached hydrogen (secondary N) is 1. The van der Waals surface area contributed by atoms with Crippen molar-refractivity contribution in [3.8, 4) is 0 Å². The molecule has 1 aliphatic rings. The molecule has 1 aromatic heterocycles. The average Bonchev–Trinajstić information content (AvgIpc) is 2.72. The highest BCUT2D eigenvalue weighted by Crippen LogP contribution is 2.42. The van der Waals surface area contributed by atoms with Crippen molar-refractivity contribution in [2.45, 2.75) is 38.8 Å². The number of sulfonamides is 1. The number of ether oxygens (including phenoxy) is 1. The van der Waals surface area contributed by atoms with Gasteiger partial charge < -0.3 is 4.74 Å². The molecule has 1 unspecified atom stereocenters. The maximum absolute atomic E-state index is 12.6. The number of carbonyl (C=O) groups excluding carboxylic acids is 1. The molecule has 140 valence electrons. The zero-order chi connectivity index (χ0) is 19.2. The number of nitrogens with zero attached hydrogens (tertiary/aromatic N) is 2. The maximum atomic E-state index is 12.6. The van der Waals surface area contributed by atoms with Crippen LogP contribution in [0.15, 0.2) is 14.8 Å². The Labute approximate surface area is 164 Å². The van der Waals surface area contributed by atoms with E-state index in [-0.39, 0.29) is 11.7 Å². The lowest BCUT2D eigenvalue weighted by atomic mass is 10.0. The number of halogens is 2. The van der Waals surface area contributed by atoms with Gasteiger partial charge in [-0.1, -0.05) is 11.6 Å². The van der Waals surface area contributed by atoms with Crippen molar-refractivity contribution in [2.24, 2.45) is 4.99 Å². The van der Waals surface area contributed by atoms with Gasteiger partial charge in [0.25, 0.3) is 0 Å². The molecule has 1 aliphatic heterocycles. The molecule has 0 aromatic carbocycles. The molecule has 0 bridgehead atoms. The standard InChI is InChI=1S/C14H19BrClN3O4S2/c1-13(2,3)23-12(20)17-11-18-14(4,7-25(21,22)19(11)5)10-8(16)6-9(15)24-10/h6H,7H2,1-5H3,(H,17,18,20). The molecule has 0 saturated heterocycles. The molecule has 7 nitrogen and oxygen atoms in total. The second kappa shape index (κ2) is 6.71. The van der Waals surface area contributed by atoms with Crippen molar-refractivity contribution in [1.29, 1.82) is 0 Å². The van der Waals surface area contributed by atoms with Gasteiger partial charge >= 0.3 is 6.09 Å². The second-order valence-electron chi connectivity index (χ2n) is 6.79. The monoisotopic (exact) mass is 471 g/mol. The van der Waals surface area contributed by atoms with Gasteiger partial charge in [-0.3, -0.25) is 5.32 Å². The van der Waals surface area contributed by atoms with Crippen LogP contribution in [0, 0.1) is 0 Å². The zero-order valence-corrected chi connectivity index (χ0v) is 18.4. The Hall–Kier alpha value is -0.840. The fourth-order valence-corrected chi connectivity index (χ4v) is 6.01. The fraction of sp³-hybridized carbons (Fsp3) is 0.571. The van der Waals surface area contributed by atoms with Crippen LogP contribution in [0.1, 0.15) is 32.6 Å². The number of guanidine groups is 1. The number of rotatable bonds is 1. The molecule has 1 N–H and O–H groups in total. The second-order valence-corrected chi connectivity index (χ2v) is 11.6. The van der Waals surface area contributed by atoms with E-state index in [1.54, 1.807) is 33.8 Å². The fourth-order valence-electron chi connectivity index (χ4n) is 2.25. The molecule has 1 atom stereocenters. The molecule has 11 heteroatoms. The van der Waals surface area contributed by atoms with Crippen LogP contribution in [0.25, 0.3) is 0 Å². The Bertz CT molecular complexity index is 832. The molecule has 0 aliphatic carbocycles. The number of hydrogen-bond donors (Lipinski definition) is 1. The van der Waals surface area contributed by atoms with Crippen LogP contribution in [0.3, 0.4) is 0 Å². The van der Waals surface area contributed by atoms with Gasteiger partial charge in [-0.25, -0.2) is 22.5 Å². The van der Waals surface area contributed by atoms with Gasteiger partial charge in [0.2, 0.25) is 16.0 Å². The normalized spacial score (nSPS) is 23.2. The highest BCUT2D eigenvalue weighted by Gasteiger charge is 2.43. The van der Waals surface area contributed by atoms with Crippen LogP contribution in [0.2, 0.25) is 5.02 Å². The van der Waals surface area contributed by atoms with Crippen molar-refractivity contribution in [1.82, 2.24) is 9.62 Å². The van der Waals surface area contributed by atoms with Gasteiger partial charge in [-0.05, 0) is 49.7 Å². The van der Waals surface area contributed by atoms with E-state index < -0.39 is 27.3 Å². The summed E-state index contributed by atoms with van der Waals surface area (Å²) in [6.07, 6.45) is -0.781. The first kappa shape index (κ1) is 20.5. The zero-order valence-electron chi connectivity index (χ0n) is 14.4. The molecule has 1 aromatic rings.